The van der Waals surface area contributed by atoms with Crippen LogP contribution in [0.25, 0.3) is 0 Å². The van der Waals surface area contributed by atoms with Crippen molar-refractivity contribution in [1.29, 1.82) is 0 Å². The Labute approximate surface area is 78.7 Å². The molecule has 1 rings (SSSR count). The van der Waals surface area contributed by atoms with E-state index in [-0.39, 0.29) is 0 Å². The minimum atomic E-state index is 0.477. The summed E-state index contributed by atoms with van der Waals surface area (Å²) in [7, 11) is 0. The van der Waals surface area contributed by atoms with E-state index in [1.165, 1.54) is 5.56 Å². The van der Waals surface area contributed by atoms with Gasteiger partial charge in [-0.3, -0.25) is 5.43 Å². The summed E-state index contributed by atoms with van der Waals surface area (Å²) in [5.41, 5.74) is 3.98. The van der Waals surface area contributed by atoms with Crippen LogP contribution >= 0.6 is 0 Å². The van der Waals surface area contributed by atoms with Crippen LogP contribution in [0.2, 0.25) is 0 Å². The van der Waals surface area contributed by atoms with E-state index >= 15 is 0 Å². The first-order chi connectivity index (χ1) is 6.43. The molecule has 0 unspecified atom stereocenters. The van der Waals surface area contributed by atoms with Crippen LogP contribution in [0.4, 0.5) is 0 Å². The van der Waals surface area contributed by atoms with Gasteiger partial charge in [0.2, 0.25) is 0 Å². The first-order valence-electron chi connectivity index (χ1n) is 4.15. The zero-order chi connectivity index (χ0) is 9.36. The van der Waals surface area contributed by atoms with Crippen molar-refractivity contribution in [3.8, 4) is 12.3 Å². The molecule has 0 heterocycles. The van der Waals surface area contributed by atoms with Crippen LogP contribution < -0.4 is 5.43 Å². The van der Waals surface area contributed by atoms with Gasteiger partial charge in [0.1, 0.15) is 0 Å². The zero-order valence-electron chi connectivity index (χ0n) is 7.40. The van der Waals surface area contributed by atoms with Crippen molar-refractivity contribution in [2.75, 3.05) is 6.54 Å². The van der Waals surface area contributed by atoms with Gasteiger partial charge in [0, 0.05) is 12.6 Å². The fourth-order valence-electron chi connectivity index (χ4n) is 0.921. The number of terminal acetylenes is 1. The third-order valence-corrected chi connectivity index (χ3v) is 1.53. The first-order valence-corrected chi connectivity index (χ1v) is 4.15. The molecule has 1 aromatic carbocycles. The molecule has 1 N–H and O–H groups in total. The summed E-state index contributed by atoms with van der Waals surface area (Å²) in [6, 6.07) is 10.1. The largest absolute Gasteiger partial charge is 0.298 e. The van der Waals surface area contributed by atoms with Crippen molar-refractivity contribution in [2.24, 2.45) is 5.10 Å². The molecule has 0 aromatic heterocycles. The number of nitrogens with one attached hydrogen (secondary N) is 1. The third kappa shape index (κ3) is 3.97. The number of nitrogens with zero attached hydrogens (tertiary/aromatic N) is 1. The molecule has 1 aromatic rings. The standard InChI is InChI=1S/C11H12N2/c1-2-9-12-13-10-8-11-6-4-3-5-7-11/h1,3-7,10,12H,8-9H2/b13-10+. The Morgan fingerprint density at radius 3 is 2.85 bits per heavy atom. The number of hydrogen-bond donors (Lipinski definition) is 1. The smallest absolute Gasteiger partial charge is 0.0935 e. The fourth-order valence-corrected chi connectivity index (χ4v) is 0.921. The van der Waals surface area contributed by atoms with Crippen LogP contribution in [0.1, 0.15) is 5.56 Å². The SMILES string of the molecule is C#CCN/N=C/Cc1ccccc1. The van der Waals surface area contributed by atoms with Crippen molar-refractivity contribution in [2.45, 2.75) is 6.42 Å². The van der Waals surface area contributed by atoms with Crippen molar-refractivity contribution in [3.05, 3.63) is 35.9 Å². The lowest BCUT2D eigenvalue weighted by Gasteiger charge is -1.94. The molecule has 0 aliphatic carbocycles. The van der Waals surface area contributed by atoms with Gasteiger partial charge in [-0.25, -0.2) is 0 Å². The van der Waals surface area contributed by atoms with E-state index in [9.17, 15) is 0 Å². The quantitative estimate of drug-likeness (QED) is 0.316. The van der Waals surface area contributed by atoms with Crippen LogP contribution in [0, 0.1) is 12.3 Å². The summed E-state index contributed by atoms with van der Waals surface area (Å²) in [6.45, 7) is 0.477. The van der Waals surface area contributed by atoms with Crippen LogP contribution in [0.3, 0.4) is 0 Å². The maximum atomic E-state index is 5.04. The molecule has 0 fully saturated rings. The molecule has 2 nitrogen and oxygen atoms in total. The maximum Gasteiger partial charge on any atom is 0.0935 e. The first kappa shape index (κ1) is 9.34. The van der Waals surface area contributed by atoms with E-state index in [1.807, 2.05) is 24.4 Å². The van der Waals surface area contributed by atoms with E-state index < -0.39 is 0 Å². The fraction of sp³-hybridized carbons (Fsp3) is 0.182. The topological polar surface area (TPSA) is 24.4 Å². The zero-order valence-corrected chi connectivity index (χ0v) is 7.40. The Kier molecular flexibility index (Phi) is 4.20. The molecule has 0 spiro atoms. The molecule has 0 atom stereocenters. The van der Waals surface area contributed by atoms with Crippen LogP contribution in [0.5, 0.6) is 0 Å². The monoisotopic (exact) mass is 172 g/mol. The van der Waals surface area contributed by atoms with Crippen LogP contribution in [-0.2, 0) is 6.42 Å². The summed E-state index contributed by atoms with van der Waals surface area (Å²) in [6.07, 6.45) is 7.68. The van der Waals surface area contributed by atoms with Gasteiger partial charge in [-0.1, -0.05) is 36.3 Å². The molecule has 0 saturated heterocycles. The minimum Gasteiger partial charge on any atom is -0.298 e. The Hall–Kier alpha value is -1.75. The Balaban J connectivity index is 2.28. The highest BCUT2D eigenvalue weighted by Crippen LogP contribution is 1.96. The highest BCUT2D eigenvalue weighted by Gasteiger charge is 1.85. The van der Waals surface area contributed by atoms with Crippen molar-refractivity contribution < 1.29 is 0 Å². The Morgan fingerprint density at radius 2 is 2.15 bits per heavy atom. The average molecular weight is 172 g/mol. The molecule has 0 amide bonds. The lowest BCUT2D eigenvalue weighted by Crippen LogP contribution is -2.05. The average Bonchev–Trinajstić information content (AvgIpc) is 2.19. The van der Waals surface area contributed by atoms with Crippen LogP contribution in [-0.4, -0.2) is 12.8 Å². The molecule has 2 heteroatoms. The number of rotatable bonds is 4. The highest BCUT2D eigenvalue weighted by atomic mass is 15.3. The van der Waals surface area contributed by atoms with Gasteiger partial charge < -0.3 is 0 Å². The predicted molar refractivity (Wildman–Crippen MR) is 55.5 cm³/mol. The molecular formula is C11H12N2. The lowest BCUT2D eigenvalue weighted by molar-refractivity contribution is 0.841. The molecular weight excluding hydrogens is 160 g/mol. The molecule has 13 heavy (non-hydrogen) atoms. The second-order valence-corrected chi connectivity index (χ2v) is 2.54. The Bertz CT molecular complexity index is 296. The second-order valence-electron chi connectivity index (χ2n) is 2.54. The van der Waals surface area contributed by atoms with E-state index in [2.05, 4.69) is 28.6 Å². The molecule has 0 radical (unpaired) electrons. The normalized spacial score (nSPS) is 9.77. The van der Waals surface area contributed by atoms with E-state index in [0.717, 1.165) is 6.42 Å². The third-order valence-electron chi connectivity index (χ3n) is 1.53. The van der Waals surface area contributed by atoms with Gasteiger partial charge in [0.15, 0.2) is 0 Å². The van der Waals surface area contributed by atoms with E-state index in [4.69, 9.17) is 6.42 Å². The number of benzene rings is 1. The molecule has 0 bridgehead atoms. The molecule has 0 saturated carbocycles. The molecule has 66 valence electrons. The van der Waals surface area contributed by atoms with Crippen molar-refractivity contribution >= 4 is 6.21 Å². The summed E-state index contributed by atoms with van der Waals surface area (Å²) < 4.78 is 0. The Morgan fingerprint density at radius 1 is 1.38 bits per heavy atom. The maximum absolute atomic E-state index is 5.04. The van der Waals surface area contributed by atoms with Gasteiger partial charge in [0.05, 0.1) is 6.54 Å². The minimum absolute atomic E-state index is 0.477. The molecule has 0 aliphatic heterocycles. The second kappa shape index (κ2) is 5.84. The number of hydrazone groups is 1. The molecule has 0 aliphatic rings. The number of hydrogen-bond acceptors (Lipinski definition) is 2. The van der Waals surface area contributed by atoms with Crippen molar-refractivity contribution in [3.63, 3.8) is 0 Å². The van der Waals surface area contributed by atoms with Gasteiger partial charge in [-0.05, 0) is 5.56 Å². The summed E-state index contributed by atoms with van der Waals surface area (Å²) >= 11 is 0. The van der Waals surface area contributed by atoms with Gasteiger partial charge in [-0.15, -0.1) is 6.42 Å². The van der Waals surface area contributed by atoms with Gasteiger partial charge in [0.25, 0.3) is 0 Å². The van der Waals surface area contributed by atoms with Crippen LogP contribution in [0.15, 0.2) is 35.4 Å². The van der Waals surface area contributed by atoms with E-state index in [0.29, 0.717) is 6.54 Å². The summed E-state index contributed by atoms with van der Waals surface area (Å²) in [5.74, 6) is 2.44. The van der Waals surface area contributed by atoms with E-state index in [1.54, 1.807) is 0 Å². The summed E-state index contributed by atoms with van der Waals surface area (Å²) in [5, 5.41) is 3.94. The predicted octanol–water partition coefficient (Wildman–Crippen LogP) is 1.44. The van der Waals surface area contributed by atoms with Gasteiger partial charge >= 0.3 is 0 Å². The summed E-state index contributed by atoms with van der Waals surface area (Å²) in [4.78, 5) is 0. The van der Waals surface area contributed by atoms with Crippen molar-refractivity contribution in [1.82, 2.24) is 5.43 Å². The highest BCUT2D eigenvalue weighted by molar-refractivity contribution is 5.60. The van der Waals surface area contributed by atoms with Gasteiger partial charge in [-0.2, -0.15) is 5.10 Å². The lowest BCUT2D eigenvalue weighted by atomic mass is 10.2.